The SMILES string of the molecule is COC1C[C@@H]2CSSC[C@H]3CC(OC)[C@@H](CSSC[C@H]4CC(OC)[C@@H](CSSC[C@H]5CC(OC)[C@@H](CSSC[C@H]6CC(OC)[C@@H](CSSC[C@H]7CC(OC)[C@@H](CSSC[C@H]1CC2OC)CC7OC)CC6OC)CC5OC)CC4OC)CC3OC. The molecule has 16 saturated heterocycles. The van der Waals surface area contributed by atoms with Gasteiger partial charge in [0.2, 0.25) is 0 Å². The minimum atomic E-state index is 0.244. The van der Waals surface area contributed by atoms with Crippen molar-refractivity contribution in [3.8, 4) is 0 Å². The van der Waals surface area contributed by atoms with Gasteiger partial charge in [0.05, 0.1) is 73.2 Å². The molecule has 22 fully saturated rings. The van der Waals surface area contributed by atoms with Gasteiger partial charge in [-0.15, -0.1) is 0 Å². The van der Waals surface area contributed by atoms with Crippen LogP contribution >= 0.6 is 130 Å². The van der Waals surface area contributed by atoms with Gasteiger partial charge in [-0.3, -0.25) is 0 Å². The molecule has 22 aliphatic rings. The van der Waals surface area contributed by atoms with Crippen LogP contribution < -0.4 is 0 Å². The summed E-state index contributed by atoms with van der Waals surface area (Å²) in [6.45, 7) is 0. The number of ether oxygens (including phenoxy) is 12. The third-order valence-electron chi connectivity index (χ3n) is 20.2. The molecule has 0 N–H and O–H groups in total. The predicted molar refractivity (Wildman–Crippen MR) is 376 cm³/mol. The predicted octanol–water partition coefficient (Wildman–Crippen LogP) is 14.6. The summed E-state index contributed by atoms with van der Waals surface area (Å²) in [5.41, 5.74) is 0. The Morgan fingerprint density at radius 2 is 0.214 bits per heavy atom. The number of hydrogen-bond acceptors (Lipinski definition) is 24. The molecule has 0 aromatic heterocycles. The first kappa shape index (κ1) is 75.1. The smallest absolute Gasteiger partial charge is 0.0612 e. The quantitative estimate of drug-likeness (QED) is 0.173. The lowest BCUT2D eigenvalue weighted by molar-refractivity contribution is -0.0552. The minimum absolute atomic E-state index is 0.244. The molecule has 12 nitrogen and oxygen atoms in total. The molecule has 12 bridgehead atoms. The van der Waals surface area contributed by atoms with E-state index in [9.17, 15) is 0 Å². The standard InChI is InChI=1S/C60H108O12S12/c1-61-49-13-38-26-74-76-28-40-16-54(66-6)42(18-53(40)65-5)30-78-80-32-44-20-58(70-10)46(22-57(44)69-9)34-82-84-36-48-24-59(71-11)47(23-60(48)72-12)35-83-81-33-45-21-55(67-7)43(19-56(45)68-8)31-79-77-29-41-17-51(63-3)39(15-52(41)64-4)27-75-73-25-37(49)14-50(38)62-2/h37-60H,13-36H2,1-12H3/t37-,38-,39-,40-,41-,42-,43-,44-,45-,46-,47-,48-,49?,50?,51?,52?,53?,54?,55?,56?,57?,58?,59?,60?/m1/s1. The Morgan fingerprint density at radius 3 is 0.274 bits per heavy atom. The number of rotatable bonds is 12. The summed E-state index contributed by atoms with van der Waals surface area (Å²) in [5, 5.41) is 0. The van der Waals surface area contributed by atoms with E-state index < -0.39 is 0 Å². The fourth-order valence-corrected chi connectivity index (χ4v) is 32.1. The molecule has 6 aliphatic carbocycles. The maximum Gasteiger partial charge on any atom is 0.0612 e. The summed E-state index contributed by atoms with van der Waals surface area (Å²) in [7, 11) is 47.1. The third-order valence-corrected chi connectivity index (χ3v) is 35.9. The molecule has 16 heterocycles. The van der Waals surface area contributed by atoms with E-state index in [4.69, 9.17) is 56.8 Å². The van der Waals surface area contributed by atoms with E-state index in [2.05, 4.69) is 0 Å². The highest BCUT2D eigenvalue weighted by Crippen LogP contribution is 2.48. The van der Waals surface area contributed by atoms with E-state index in [0.29, 0.717) is 71.0 Å². The first-order valence-corrected chi connectivity index (χ1v) is 45.8. The van der Waals surface area contributed by atoms with E-state index in [-0.39, 0.29) is 73.2 Å². The molecule has 0 aromatic rings. The van der Waals surface area contributed by atoms with Gasteiger partial charge in [-0.2, -0.15) is 0 Å². The normalized spacial score (nSPS) is 43.3. The van der Waals surface area contributed by atoms with Crippen molar-refractivity contribution in [2.24, 2.45) is 71.0 Å². The Labute approximate surface area is 556 Å². The molecule has 24 heteroatoms. The minimum Gasteiger partial charge on any atom is -0.381 e. The second-order valence-corrected chi connectivity index (χ2v) is 40.0. The molecule has 12 unspecified atom stereocenters. The van der Waals surface area contributed by atoms with E-state index in [0.717, 1.165) is 146 Å². The van der Waals surface area contributed by atoms with Crippen LogP contribution in [-0.4, -0.2) is 228 Å². The Hall–Kier alpha value is 3.72. The van der Waals surface area contributed by atoms with Crippen molar-refractivity contribution in [3.05, 3.63) is 0 Å². The molecule has 492 valence electrons. The van der Waals surface area contributed by atoms with Crippen molar-refractivity contribution in [2.75, 3.05) is 154 Å². The maximum atomic E-state index is 6.26. The zero-order valence-electron chi connectivity index (χ0n) is 52.6. The highest BCUT2D eigenvalue weighted by molar-refractivity contribution is 8.78. The van der Waals surface area contributed by atoms with Crippen LogP contribution in [0.2, 0.25) is 0 Å². The van der Waals surface area contributed by atoms with Crippen LogP contribution in [0.1, 0.15) is 77.0 Å². The van der Waals surface area contributed by atoms with E-state index >= 15 is 0 Å². The van der Waals surface area contributed by atoms with Gasteiger partial charge >= 0.3 is 0 Å². The lowest BCUT2D eigenvalue weighted by Crippen LogP contribution is -2.43. The average Bonchev–Trinajstić information content (AvgIpc) is 3.58. The average molecular weight is 1410 g/mol. The van der Waals surface area contributed by atoms with Crippen molar-refractivity contribution in [1.82, 2.24) is 0 Å². The highest BCUT2D eigenvalue weighted by Gasteiger charge is 2.44. The van der Waals surface area contributed by atoms with Gasteiger partial charge < -0.3 is 56.8 Å². The van der Waals surface area contributed by atoms with Gasteiger partial charge in [0.15, 0.2) is 0 Å². The number of hydrogen-bond donors (Lipinski definition) is 0. The second-order valence-electron chi connectivity index (χ2n) is 24.7. The topological polar surface area (TPSA) is 111 Å². The van der Waals surface area contributed by atoms with Crippen LogP contribution in [-0.2, 0) is 56.8 Å². The lowest BCUT2D eigenvalue weighted by Gasteiger charge is -2.41. The summed E-state index contributed by atoms with van der Waals surface area (Å²) in [4.78, 5) is 0. The zero-order chi connectivity index (χ0) is 59.8. The number of methoxy groups -OCH3 is 12. The Morgan fingerprint density at radius 1 is 0.143 bits per heavy atom. The first-order valence-electron chi connectivity index (χ1n) is 30.9. The first-order chi connectivity index (χ1) is 41.1. The van der Waals surface area contributed by atoms with Gasteiger partial charge in [0.1, 0.15) is 0 Å². The summed E-state index contributed by atoms with van der Waals surface area (Å²) in [6, 6.07) is 0. The lowest BCUT2D eigenvalue weighted by atomic mass is 9.79. The van der Waals surface area contributed by atoms with Gasteiger partial charge in [-0.25, -0.2) is 0 Å². The van der Waals surface area contributed by atoms with E-state index in [1.165, 1.54) is 0 Å². The van der Waals surface area contributed by atoms with Gasteiger partial charge in [-0.05, 0) is 148 Å². The van der Waals surface area contributed by atoms with Crippen LogP contribution in [0, 0.1) is 71.0 Å². The second kappa shape index (κ2) is 41.6. The Bertz CT molecular complexity index is 1320. The highest BCUT2D eigenvalue weighted by atomic mass is 33.1. The van der Waals surface area contributed by atoms with Crippen molar-refractivity contribution in [3.63, 3.8) is 0 Å². The van der Waals surface area contributed by atoms with Crippen molar-refractivity contribution in [2.45, 2.75) is 150 Å². The fourth-order valence-electron chi connectivity index (χ4n) is 14.9. The fraction of sp³-hybridized carbons (Fsp3) is 1.00. The molecule has 0 spiro atoms. The van der Waals surface area contributed by atoms with Gasteiger partial charge in [-0.1, -0.05) is 130 Å². The van der Waals surface area contributed by atoms with Crippen LogP contribution in [0.25, 0.3) is 0 Å². The van der Waals surface area contributed by atoms with Crippen molar-refractivity contribution >= 4 is 130 Å². The molecule has 0 aromatic carbocycles. The maximum absolute atomic E-state index is 6.26. The molecular weight excluding hydrogens is 1300 g/mol. The van der Waals surface area contributed by atoms with Crippen LogP contribution in [0.4, 0.5) is 0 Å². The van der Waals surface area contributed by atoms with Gasteiger partial charge in [0, 0.05) is 154 Å². The molecule has 0 amide bonds. The molecule has 84 heavy (non-hydrogen) atoms. The monoisotopic (exact) mass is 1400 g/mol. The van der Waals surface area contributed by atoms with Crippen LogP contribution in [0.5, 0.6) is 0 Å². The summed E-state index contributed by atoms with van der Waals surface area (Å²) in [5.74, 6) is 18.3. The van der Waals surface area contributed by atoms with Crippen molar-refractivity contribution < 1.29 is 56.8 Å². The molecule has 0 radical (unpaired) electrons. The third kappa shape index (κ3) is 22.4. The Kier molecular flexibility index (Phi) is 37.2. The van der Waals surface area contributed by atoms with E-state index in [1.54, 1.807) is 0 Å². The molecule has 16 aliphatic heterocycles. The van der Waals surface area contributed by atoms with Gasteiger partial charge in [0.25, 0.3) is 0 Å². The molecule has 24 atom stereocenters. The molecule has 22 rings (SSSR count). The largest absolute Gasteiger partial charge is 0.381 e. The van der Waals surface area contributed by atoms with Crippen LogP contribution in [0.3, 0.4) is 0 Å². The molecular formula is C60H108O12S12. The summed E-state index contributed by atoms with van der Waals surface area (Å²) >= 11 is 0. The molecule has 6 saturated carbocycles. The van der Waals surface area contributed by atoms with E-state index in [1.807, 2.05) is 215 Å². The summed E-state index contributed by atoms with van der Waals surface area (Å²) in [6.07, 6.45) is 15.4. The zero-order valence-corrected chi connectivity index (χ0v) is 62.4. The van der Waals surface area contributed by atoms with Crippen molar-refractivity contribution in [1.29, 1.82) is 0 Å². The van der Waals surface area contributed by atoms with Crippen LogP contribution in [0.15, 0.2) is 0 Å². The Balaban J connectivity index is 0.948. The summed E-state index contributed by atoms with van der Waals surface area (Å²) < 4.78 is 75.1.